The highest BCUT2D eigenvalue weighted by Gasteiger charge is 2.23. The summed E-state index contributed by atoms with van der Waals surface area (Å²) in [4.78, 5) is 28.8. The number of rotatable bonds is 6. The highest BCUT2D eigenvalue weighted by Crippen LogP contribution is 2.30. The van der Waals surface area contributed by atoms with Gasteiger partial charge in [0, 0.05) is 19.7 Å². The first-order valence-electron chi connectivity index (χ1n) is 8.34. The van der Waals surface area contributed by atoms with Crippen molar-refractivity contribution in [1.82, 2.24) is 20.0 Å². The van der Waals surface area contributed by atoms with E-state index in [4.69, 9.17) is 0 Å². The molecular formula is C17H13N7O4S. The van der Waals surface area contributed by atoms with Crippen molar-refractivity contribution >= 4 is 38.3 Å². The number of thiazole rings is 1. The number of aromatic nitrogens is 4. The van der Waals surface area contributed by atoms with E-state index in [2.05, 4.69) is 15.2 Å². The second kappa shape index (κ2) is 7.24. The maximum absolute atomic E-state index is 11.3. The molecule has 0 radical (unpaired) electrons. The van der Waals surface area contributed by atoms with Crippen LogP contribution in [0.1, 0.15) is 5.56 Å². The van der Waals surface area contributed by atoms with Crippen LogP contribution in [0.25, 0.3) is 16.2 Å². The van der Waals surface area contributed by atoms with Gasteiger partial charge in [0.2, 0.25) is 5.65 Å². The van der Waals surface area contributed by atoms with E-state index < -0.39 is 15.5 Å². The smallest absolute Gasteiger partial charge is 0.303 e. The molecular weight excluding hydrogens is 398 g/mol. The molecule has 2 heterocycles. The van der Waals surface area contributed by atoms with Crippen LogP contribution in [-0.2, 0) is 6.54 Å². The van der Waals surface area contributed by atoms with E-state index in [-0.39, 0.29) is 11.4 Å². The number of nitro benzene ring substituents is 2. The number of nitro groups is 2. The summed E-state index contributed by atoms with van der Waals surface area (Å²) in [6.45, 7) is 0.658. The molecule has 0 fully saturated rings. The van der Waals surface area contributed by atoms with Crippen molar-refractivity contribution in [3.8, 4) is 5.69 Å². The summed E-state index contributed by atoms with van der Waals surface area (Å²) in [5, 5.41) is 31.4. The van der Waals surface area contributed by atoms with E-state index in [9.17, 15) is 20.2 Å². The van der Waals surface area contributed by atoms with Gasteiger partial charge >= 0.3 is 5.69 Å². The normalized spacial score (nSPS) is 10.9. The number of nitrogens with zero attached hydrogens (tertiary/aromatic N) is 7. The predicted octanol–water partition coefficient (Wildman–Crippen LogP) is 3.33. The summed E-state index contributed by atoms with van der Waals surface area (Å²) in [7, 11) is 1.90. The lowest BCUT2D eigenvalue weighted by atomic mass is 10.2. The van der Waals surface area contributed by atoms with Crippen LogP contribution in [0.15, 0.2) is 48.5 Å². The van der Waals surface area contributed by atoms with Crippen molar-refractivity contribution in [2.75, 3.05) is 11.9 Å². The van der Waals surface area contributed by atoms with Gasteiger partial charge in [0.25, 0.3) is 5.69 Å². The Bertz CT molecular complexity index is 1190. The van der Waals surface area contributed by atoms with Crippen LogP contribution >= 0.6 is 11.3 Å². The van der Waals surface area contributed by atoms with Crippen molar-refractivity contribution in [1.29, 1.82) is 0 Å². The van der Waals surface area contributed by atoms with Crippen LogP contribution in [0.4, 0.5) is 16.5 Å². The third-order valence-corrected chi connectivity index (χ3v) is 5.17. The molecule has 0 aliphatic rings. The van der Waals surface area contributed by atoms with Crippen molar-refractivity contribution in [3.63, 3.8) is 0 Å². The molecule has 0 amide bonds. The molecule has 2 aromatic carbocycles. The van der Waals surface area contributed by atoms with E-state index in [1.165, 1.54) is 23.5 Å². The molecule has 0 spiro atoms. The molecule has 29 heavy (non-hydrogen) atoms. The second-order valence-electron chi connectivity index (χ2n) is 6.14. The fourth-order valence-electron chi connectivity index (χ4n) is 2.76. The van der Waals surface area contributed by atoms with Gasteiger partial charge < -0.3 is 4.90 Å². The number of anilines is 1. The predicted molar refractivity (Wildman–Crippen MR) is 106 cm³/mol. The average Bonchev–Trinajstić information content (AvgIpc) is 3.27. The molecule has 4 rings (SSSR count). The summed E-state index contributed by atoms with van der Waals surface area (Å²) in [5.41, 5.74) is 0.672. The Balaban J connectivity index is 1.65. The fraction of sp³-hybridized carbons (Fsp3) is 0.118. The molecule has 12 heteroatoms. The van der Waals surface area contributed by atoms with Gasteiger partial charge in [-0.3, -0.25) is 20.2 Å². The Kier molecular flexibility index (Phi) is 4.60. The molecule has 0 saturated carbocycles. The molecule has 0 aliphatic carbocycles. The molecule has 0 atom stereocenters. The van der Waals surface area contributed by atoms with Crippen molar-refractivity contribution in [2.45, 2.75) is 6.54 Å². The van der Waals surface area contributed by atoms with Crippen LogP contribution in [0.3, 0.4) is 0 Å². The first kappa shape index (κ1) is 18.4. The molecule has 0 bridgehead atoms. The number of non-ortho nitro benzene ring substituents is 1. The lowest BCUT2D eigenvalue weighted by molar-refractivity contribution is -0.394. The largest absolute Gasteiger partial charge is 0.347 e. The first-order valence-corrected chi connectivity index (χ1v) is 9.16. The molecule has 11 nitrogen and oxygen atoms in total. The van der Waals surface area contributed by atoms with Gasteiger partial charge in [0.1, 0.15) is 0 Å². The quantitative estimate of drug-likeness (QED) is 0.348. The summed E-state index contributed by atoms with van der Waals surface area (Å²) in [6.07, 6.45) is 0. The maximum Gasteiger partial charge on any atom is 0.303 e. The molecule has 0 N–H and O–H groups in total. The molecule has 146 valence electrons. The minimum atomic E-state index is -0.702. The minimum Gasteiger partial charge on any atom is -0.347 e. The summed E-state index contributed by atoms with van der Waals surface area (Å²) < 4.78 is 0. The van der Waals surface area contributed by atoms with Gasteiger partial charge in [0.15, 0.2) is 15.6 Å². The third kappa shape index (κ3) is 3.60. The Hall–Kier alpha value is -3.93. The zero-order chi connectivity index (χ0) is 20.5. The Labute approximate surface area is 167 Å². The van der Waals surface area contributed by atoms with Crippen LogP contribution in [-0.4, -0.2) is 36.9 Å². The number of hydrogen-bond donors (Lipinski definition) is 0. The molecule has 0 aliphatic heterocycles. The number of fused-ring (bicyclic) bond motifs is 1. The SMILES string of the molecule is CN(Cc1ccccc1)c1nc2nn(-c3ccc([N+](=O)[O-])cc3[N+](=O)[O-])nc2s1. The highest BCUT2D eigenvalue weighted by atomic mass is 32.1. The lowest BCUT2D eigenvalue weighted by Gasteiger charge is -2.15. The van der Waals surface area contributed by atoms with Crippen molar-refractivity contribution < 1.29 is 9.85 Å². The fourth-order valence-corrected chi connectivity index (χ4v) is 3.58. The van der Waals surface area contributed by atoms with Gasteiger partial charge in [-0.25, -0.2) is 0 Å². The van der Waals surface area contributed by atoms with E-state index in [0.29, 0.717) is 22.2 Å². The van der Waals surface area contributed by atoms with Crippen LogP contribution in [0, 0.1) is 20.2 Å². The second-order valence-corrected chi connectivity index (χ2v) is 7.10. The monoisotopic (exact) mass is 411 g/mol. The lowest BCUT2D eigenvalue weighted by Crippen LogP contribution is -2.15. The summed E-state index contributed by atoms with van der Waals surface area (Å²) in [6, 6.07) is 13.2. The van der Waals surface area contributed by atoms with E-state index in [0.717, 1.165) is 16.4 Å². The number of benzene rings is 2. The standard InChI is InChI=1S/C17H13N7O4S/c1-21(10-11-5-3-2-4-6-11)17-18-15-16(29-17)20-22(19-15)13-8-7-12(23(25)26)9-14(13)24(27)28/h2-9H,10H2,1H3. The zero-order valence-electron chi connectivity index (χ0n) is 15.0. The van der Waals surface area contributed by atoms with Crippen molar-refractivity contribution in [2.24, 2.45) is 0 Å². The summed E-state index contributed by atoms with van der Waals surface area (Å²) >= 11 is 1.30. The van der Waals surface area contributed by atoms with Crippen LogP contribution in [0.2, 0.25) is 0 Å². The Morgan fingerprint density at radius 2 is 1.83 bits per heavy atom. The maximum atomic E-state index is 11.3. The topological polar surface area (TPSA) is 133 Å². The Morgan fingerprint density at radius 1 is 1.07 bits per heavy atom. The average molecular weight is 411 g/mol. The Morgan fingerprint density at radius 3 is 2.48 bits per heavy atom. The van der Waals surface area contributed by atoms with Gasteiger partial charge in [0.05, 0.1) is 15.9 Å². The van der Waals surface area contributed by atoms with Crippen LogP contribution < -0.4 is 4.90 Å². The first-order chi connectivity index (χ1) is 13.9. The van der Waals surface area contributed by atoms with Gasteiger partial charge in [-0.2, -0.15) is 4.98 Å². The van der Waals surface area contributed by atoms with Crippen molar-refractivity contribution in [3.05, 3.63) is 74.3 Å². The molecule has 2 aromatic heterocycles. The van der Waals surface area contributed by atoms with Crippen LogP contribution in [0.5, 0.6) is 0 Å². The van der Waals surface area contributed by atoms with Gasteiger partial charge in [-0.15, -0.1) is 15.0 Å². The molecule has 4 aromatic rings. The summed E-state index contributed by atoms with van der Waals surface area (Å²) in [5.74, 6) is 0. The van der Waals surface area contributed by atoms with E-state index in [1.54, 1.807) is 0 Å². The molecule has 0 unspecified atom stereocenters. The zero-order valence-corrected chi connectivity index (χ0v) is 15.8. The molecule has 0 saturated heterocycles. The van der Waals surface area contributed by atoms with Gasteiger partial charge in [-0.1, -0.05) is 41.7 Å². The highest BCUT2D eigenvalue weighted by molar-refractivity contribution is 7.21. The van der Waals surface area contributed by atoms with Gasteiger partial charge in [-0.05, 0) is 11.6 Å². The minimum absolute atomic E-state index is 0.0324. The van der Waals surface area contributed by atoms with E-state index >= 15 is 0 Å². The third-order valence-electron chi connectivity index (χ3n) is 4.13. The number of hydrogen-bond acceptors (Lipinski definition) is 9. The van der Waals surface area contributed by atoms with E-state index in [1.807, 2.05) is 42.3 Å².